The van der Waals surface area contributed by atoms with Gasteiger partial charge in [-0.3, -0.25) is 4.68 Å². The van der Waals surface area contributed by atoms with Gasteiger partial charge in [-0.25, -0.2) is 0 Å². The third-order valence-electron chi connectivity index (χ3n) is 3.52. The predicted molar refractivity (Wildman–Crippen MR) is 61.5 cm³/mol. The molecule has 1 saturated carbocycles. The third-order valence-corrected chi connectivity index (χ3v) is 3.52. The van der Waals surface area contributed by atoms with Crippen molar-refractivity contribution in [2.75, 3.05) is 0 Å². The van der Waals surface area contributed by atoms with Crippen molar-refractivity contribution in [3.8, 4) is 0 Å². The number of aromatic nitrogens is 2. The fourth-order valence-corrected chi connectivity index (χ4v) is 2.55. The van der Waals surface area contributed by atoms with Crippen LogP contribution in [-0.4, -0.2) is 9.78 Å². The van der Waals surface area contributed by atoms with E-state index in [0.29, 0.717) is 12.6 Å². The Balaban J connectivity index is 2.14. The smallest absolute Gasteiger partial charge is 0.0638 e. The van der Waals surface area contributed by atoms with E-state index in [-0.39, 0.29) is 0 Å². The lowest BCUT2D eigenvalue weighted by Crippen LogP contribution is -2.18. The molecule has 0 aromatic carbocycles. The molecule has 3 heteroatoms. The van der Waals surface area contributed by atoms with E-state index in [0.717, 1.165) is 11.6 Å². The normalized spacial score (nSPS) is 26.9. The van der Waals surface area contributed by atoms with Crippen molar-refractivity contribution in [1.29, 1.82) is 0 Å². The largest absolute Gasteiger partial charge is 0.326 e. The topological polar surface area (TPSA) is 43.8 Å². The first kappa shape index (κ1) is 10.7. The molecule has 1 aliphatic carbocycles. The summed E-state index contributed by atoms with van der Waals surface area (Å²) in [4.78, 5) is 0. The average molecular weight is 207 g/mol. The van der Waals surface area contributed by atoms with Crippen molar-refractivity contribution in [1.82, 2.24) is 9.78 Å². The molecule has 0 saturated heterocycles. The first-order valence-electron chi connectivity index (χ1n) is 5.95. The van der Waals surface area contributed by atoms with Gasteiger partial charge in [0.25, 0.3) is 0 Å². The van der Waals surface area contributed by atoms with Gasteiger partial charge in [0.1, 0.15) is 0 Å². The van der Waals surface area contributed by atoms with E-state index >= 15 is 0 Å². The Morgan fingerprint density at radius 2 is 2.33 bits per heavy atom. The molecule has 2 N–H and O–H groups in total. The van der Waals surface area contributed by atoms with Crippen LogP contribution in [0.2, 0.25) is 0 Å². The van der Waals surface area contributed by atoms with E-state index in [2.05, 4.69) is 22.9 Å². The van der Waals surface area contributed by atoms with E-state index in [9.17, 15) is 0 Å². The van der Waals surface area contributed by atoms with E-state index in [1.807, 2.05) is 6.92 Å². The Morgan fingerprint density at radius 1 is 1.53 bits per heavy atom. The molecule has 1 aromatic heterocycles. The Kier molecular flexibility index (Phi) is 3.10. The second kappa shape index (κ2) is 4.35. The Morgan fingerprint density at radius 3 is 2.93 bits per heavy atom. The van der Waals surface area contributed by atoms with Gasteiger partial charge in [-0.05, 0) is 25.7 Å². The highest BCUT2D eigenvalue weighted by Crippen LogP contribution is 2.32. The van der Waals surface area contributed by atoms with Crippen LogP contribution in [0.25, 0.3) is 0 Å². The predicted octanol–water partition coefficient (Wildman–Crippen LogP) is 2.40. The molecule has 1 aromatic rings. The molecule has 0 bridgehead atoms. The summed E-state index contributed by atoms with van der Waals surface area (Å²) in [6.45, 7) is 4.99. The standard InChI is InChI=1S/C12H21N3/c1-9-4-3-5-12(6-9)15-8-11(7-13)10(2)14-15/h8-9,12H,3-7,13H2,1-2H3. The molecule has 0 spiro atoms. The molecule has 3 nitrogen and oxygen atoms in total. The fraction of sp³-hybridized carbons (Fsp3) is 0.750. The molecule has 0 radical (unpaired) electrons. The lowest BCUT2D eigenvalue weighted by Gasteiger charge is -2.26. The van der Waals surface area contributed by atoms with Gasteiger partial charge >= 0.3 is 0 Å². The summed E-state index contributed by atoms with van der Waals surface area (Å²) in [6.07, 6.45) is 7.39. The van der Waals surface area contributed by atoms with Crippen LogP contribution in [-0.2, 0) is 6.54 Å². The van der Waals surface area contributed by atoms with Crippen LogP contribution in [0.15, 0.2) is 6.20 Å². The second-order valence-corrected chi connectivity index (χ2v) is 4.85. The van der Waals surface area contributed by atoms with Crippen LogP contribution >= 0.6 is 0 Å². The SMILES string of the molecule is Cc1nn(C2CCCC(C)C2)cc1CN. The summed E-state index contributed by atoms with van der Waals surface area (Å²) in [5.74, 6) is 0.842. The monoisotopic (exact) mass is 207 g/mol. The van der Waals surface area contributed by atoms with Crippen molar-refractivity contribution in [3.05, 3.63) is 17.5 Å². The number of nitrogens with two attached hydrogens (primary N) is 1. The lowest BCUT2D eigenvalue weighted by atomic mass is 9.87. The van der Waals surface area contributed by atoms with E-state index in [4.69, 9.17) is 5.73 Å². The second-order valence-electron chi connectivity index (χ2n) is 4.85. The highest BCUT2D eigenvalue weighted by molar-refractivity contribution is 5.15. The fourth-order valence-electron chi connectivity index (χ4n) is 2.55. The molecular formula is C12H21N3. The zero-order chi connectivity index (χ0) is 10.8. The molecular weight excluding hydrogens is 186 g/mol. The van der Waals surface area contributed by atoms with Gasteiger partial charge in [-0.15, -0.1) is 0 Å². The van der Waals surface area contributed by atoms with Crippen LogP contribution in [0.4, 0.5) is 0 Å². The summed E-state index contributed by atoms with van der Waals surface area (Å²) >= 11 is 0. The number of aryl methyl sites for hydroxylation is 1. The van der Waals surface area contributed by atoms with E-state index < -0.39 is 0 Å². The van der Waals surface area contributed by atoms with Crippen LogP contribution < -0.4 is 5.73 Å². The summed E-state index contributed by atoms with van der Waals surface area (Å²) < 4.78 is 2.15. The minimum Gasteiger partial charge on any atom is -0.326 e. The van der Waals surface area contributed by atoms with Gasteiger partial charge in [0.05, 0.1) is 11.7 Å². The number of hydrogen-bond donors (Lipinski definition) is 1. The maximum absolute atomic E-state index is 5.67. The van der Waals surface area contributed by atoms with Crippen molar-refractivity contribution < 1.29 is 0 Å². The van der Waals surface area contributed by atoms with Gasteiger partial charge in [-0.2, -0.15) is 5.10 Å². The summed E-state index contributed by atoms with van der Waals surface area (Å²) in [5, 5.41) is 4.58. The molecule has 84 valence electrons. The van der Waals surface area contributed by atoms with Crippen molar-refractivity contribution in [2.24, 2.45) is 11.7 Å². The molecule has 1 fully saturated rings. The van der Waals surface area contributed by atoms with Crippen molar-refractivity contribution in [2.45, 2.75) is 52.1 Å². The first-order valence-corrected chi connectivity index (χ1v) is 5.95. The number of nitrogens with zero attached hydrogens (tertiary/aromatic N) is 2. The maximum Gasteiger partial charge on any atom is 0.0638 e. The van der Waals surface area contributed by atoms with Crippen LogP contribution in [0.1, 0.15) is 49.9 Å². The molecule has 2 unspecified atom stereocenters. The summed E-state index contributed by atoms with van der Waals surface area (Å²) in [5.41, 5.74) is 7.95. The minimum atomic E-state index is 0.604. The van der Waals surface area contributed by atoms with E-state index in [1.165, 1.54) is 31.2 Å². The highest BCUT2D eigenvalue weighted by atomic mass is 15.3. The molecule has 0 aliphatic heterocycles. The Labute approximate surface area is 91.7 Å². The quantitative estimate of drug-likeness (QED) is 0.809. The first-order chi connectivity index (χ1) is 7.20. The summed E-state index contributed by atoms with van der Waals surface area (Å²) in [6, 6.07) is 0.604. The molecule has 1 aliphatic rings. The Bertz CT molecular complexity index is 330. The molecule has 0 amide bonds. The average Bonchev–Trinajstić information content (AvgIpc) is 2.60. The molecule has 2 atom stereocenters. The lowest BCUT2D eigenvalue weighted by molar-refractivity contribution is 0.266. The highest BCUT2D eigenvalue weighted by Gasteiger charge is 2.21. The van der Waals surface area contributed by atoms with Gasteiger partial charge in [-0.1, -0.05) is 19.8 Å². The van der Waals surface area contributed by atoms with E-state index in [1.54, 1.807) is 0 Å². The van der Waals surface area contributed by atoms with Gasteiger partial charge in [0.2, 0.25) is 0 Å². The van der Waals surface area contributed by atoms with Crippen molar-refractivity contribution >= 4 is 0 Å². The third kappa shape index (κ3) is 2.23. The molecule has 15 heavy (non-hydrogen) atoms. The van der Waals surface area contributed by atoms with Gasteiger partial charge < -0.3 is 5.73 Å². The van der Waals surface area contributed by atoms with Crippen LogP contribution in [0.5, 0.6) is 0 Å². The Hall–Kier alpha value is -0.830. The van der Waals surface area contributed by atoms with Crippen LogP contribution in [0.3, 0.4) is 0 Å². The summed E-state index contributed by atoms with van der Waals surface area (Å²) in [7, 11) is 0. The van der Waals surface area contributed by atoms with Gasteiger partial charge in [0, 0.05) is 18.3 Å². The minimum absolute atomic E-state index is 0.604. The number of rotatable bonds is 2. The molecule has 1 heterocycles. The van der Waals surface area contributed by atoms with Gasteiger partial charge in [0.15, 0.2) is 0 Å². The van der Waals surface area contributed by atoms with Crippen molar-refractivity contribution in [3.63, 3.8) is 0 Å². The van der Waals surface area contributed by atoms with Crippen LogP contribution in [0, 0.1) is 12.8 Å². The zero-order valence-corrected chi connectivity index (χ0v) is 9.74. The number of hydrogen-bond acceptors (Lipinski definition) is 2. The zero-order valence-electron chi connectivity index (χ0n) is 9.74. The molecule has 2 rings (SSSR count). The maximum atomic E-state index is 5.67.